The third kappa shape index (κ3) is 5.42. The van der Waals surface area contributed by atoms with Crippen LogP contribution in [0.3, 0.4) is 0 Å². The Morgan fingerprint density at radius 3 is 2.37 bits per heavy atom. The van der Waals surface area contributed by atoms with Crippen LogP contribution in [0, 0.1) is 0 Å². The van der Waals surface area contributed by atoms with Crippen LogP contribution in [0.25, 0.3) is 16.3 Å². The molecular formula is C25H30F3N7O4S2. The molecule has 16 heteroatoms. The lowest BCUT2D eigenvalue weighted by atomic mass is 10.2. The summed E-state index contributed by atoms with van der Waals surface area (Å²) in [4.78, 5) is 21.2. The number of sulfonamides is 1. The summed E-state index contributed by atoms with van der Waals surface area (Å²) in [7, 11) is -3.97. The number of ether oxygens (including phenoxy) is 1. The van der Waals surface area contributed by atoms with E-state index in [0.717, 1.165) is 0 Å². The largest absolute Gasteiger partial charge is 0.445 e. The molecule has 1 aliphatic heterocycles. The second-order valence-electron chi connectivity index (χ2n) is 11.4. The summed E-state index contributed by atoms with van der Waals surface area (Å²) in [5, 5.41) is 5.74. The third-order valence-electron chi connectivity index (χ3n) is 7.61. The highest BCUT2D eigenvalue weighted by Gasteiger charge is 2.54. The Bertz CT molecular complexity index is 1600. The number of amides is 1. The number of alkyl halides is 3. The van der Waals surface area contributed by atoms with E-state index >= 15 is 0 Å². The van der Waals surface area contributed by atoms with Gasteiger partial charge in [-0.05, 0) is 52.5 Å². The van der Waals surface area contributed by atoms with Crippen molar-refractivity contribution in [2.75, 3.05) is 31.1 Å². The van der Waals surface area contributed by atoms with E-state index in [-0.39, 0.29) is 27.7 Å². The Hall–Kier alpha value is -2.82. The second-order valence-corrected chi connectivity index (χ2v) is 14.1. The number of carbonyl (C=O) groups excluding carboxylic acids is 1. The van der Waals surface area contributed by atoms with Crippen LogP contribution in [0.1, 0.15) is 51.5 Å². The first-order valence-corrected chi connectivity index (χ1v) is 15.7. The van der Waals surface area contributed by atoms with Gasteiger partial charge >= 0.3 is 6.18 Å². The summed E-state index contributed by atoms with van der Waals surface area (Å²) in [6, 6.07) is 1.55. The molecule has 3 aliphatic rings. The quantitative estimate of drug-likeness (QED) is 0.411. The van der Waals surface area contributed by atoms with E-state index in [1.54, 1.807) is 11.0 Å². The van der Waals surface area contributed by atoms with Crippen molar-refractivity contribution in [1.29, 1.82) is 0 Å². The van der Waals surface area contributed by atoms with Crippen LogP contribution < -0.4 is 9.62 Å². The van der Waals surface area contributed by atoms with Gasteiger partial charge < -0.3 is 14.5 Å². The average Bonchev–Trinajstić information content (AvgIpc) is 3.69. The number of carbonyl (C=O) groups is 1. The number of anilines is 1. The van der Waals surface area contributed by atoms with Gasteiger partial charge in [-0.1, -0.05) is 11.3 Å². The van der Waals surface area contributed by atoms with Crippen molar-refractivity contribution in [2.45, 2.75) is 74.8 Å². The van der Waals surface area contributed by atoms with E-state index in [1.165, 1.54) is 16.8 Å². The average molecular weight is 614 g/mol. The van der Waals surface area contributed by atoms with Crippen molar-refractivity contribution in [3.05, 3.63) is 23.5 Å². The van der Waals surface area contributed by atoms with Crippen molar-refractivity contribution in [1.82, 2.24) is 29.2 Å². The number of hydrogen-bond acceptors (Lipinski definition) is 9. The number of fused-ring (bicyclic) bond motifs is 1. The van der Waals surface area contributed by atoms with Crippen LogP contribution in [0.5, 0.6) is 0 Å². The summed E-state index contributed by atoms with van der Waals surface area (Å²) in [5.41, 5.74) is -0.240. The van der Waals surface area contributed by atoms with Gasteiger partial charge in [-0.3, -0.25) is 9.20 Å². The normalized spacial score (nSPS) is 20.2. The number of rotatable bonds is 8. The molecule has 41 heavy (non-hydrogen) atoms. The molecule has 0 atom stereocenters. The number of aromatic nitrogens is 4. The number of piperazine rings is 1. The molecule has 2 aliphatic carbocycles. The van der Waals surface area contributed by atoms with Crippen molar-refractivity contribution < 1.29 is 31.1 Å². The van der Waals surface area contributed by atoms with Gasteiger partial charge in [0.25, 0.3) is 5.91 Å². The molecule has 3 aromatic heterocycles. The zero-order valence-corrected chi connectivity index (χ0v) is 24.4. The van der Waals surface area contributed by atoms with E-state index < -0.39 is 32.3 Å². The zero-order valence-electron chi connectivity index (χ0n) is 22.7. The summed E-state index contributed by atoms with van der Waals surface area (Å²) >= 11 is 0.338. The molecule has 222 valence electrons. The van der Waals surface area contributed by atoms with E-state index in [4.69, 9.17) is 4.74 Å². The lowest BCUT2D eigenvalue weighted by Gasteiger charge is -2.38. The fourth-order valence-electron chi connectivity index (χ4n) is 5.10. The standard InChI is InChI=1S/C25H30F3N7O4S2/c1-15(2)39-24(6-7-24)22(36)34-10-8-33(9-11-34)17-12-16(41(37,38)32-23(3)4-5-23)14-35-18(17)13-29-19(35)20-30-31-21(40-20)25(26,27)28/h12-15,32H,4-11H2,1-3H3. The van der Waals surface area contributed by atoms with Crippen molar-refractivity contribution in [3.63, 3.8) is 0 Å². The Balaban J connectivity index is 1.34. The van der Waals surface area contributed by atoms with Gasteiger partial charge in [0.1, 0.15) is 10.5 Å². The van der Waals surface area contributed by atoms with Gasteiger partial charge in [0, 0.05) is 37.9 Å². The summed E-state index contributed by atoms with van der Waals surface area (Å²) < 4.78 is 76.6. The van der Waals surface area contributed by atoms with Gasteiger partial charge in [0.2, 0.25) is 15.0 Å². The van der Waals surface area contributed by atoms with Gasteiger partial charge in [-0.15, -0.1) is 10.2 Å². The molecule has 0 radical (unpaired) electrons. The van der Waals surface area contributed by atoms with Gasteiger partial charge in [0.05, 0.1) is 23.5 Å². The van der Waals surface area contributed by atoms with Gasteiger partial charge in [-0.2, -0.15) is 13.2 Å². The lowest BCUT2D eigenvalue weighted by molar-refractivity contribution is -0.150. The number of nitrogens with one attached hydrogen (secondary N) is 1. The lowest BCUT2D eigenvalue weighted by Crippen LogP contribution is -2.53. The van der Waals surface area contributed by atoms with Crippen molar-refractivity contribution in [3.8, 4) is 10.8 Å². The Kier molecular flexibility index (Phi) is 6.63. The van der Waals surface area contributed by atoms with Crippen molar-refractivity contribution >= 4 is 38.5 Å². The number of hydrogen-bond donors (Lipinski definition) is 1. The predicted octanol–water partition coefficient (Wildman–Crippen LogP) is 3.31. The molecule has 4 heterocycles. The minimum absolute atomic E-state index is 0.0300. The molecule has 0 bridgehead atoms. The van der Waals surface area contributed by atoms with E-state index in [0.29, 0.717) is 74.4 Å². The second kappa shape index (κ2) is 9.61. The molecular weight excluding hydrogens is 583 g/mol. The first-order valence-electron chi connectivity index (χ1n) is 13.4. The van der Waals surface area contributed by atoms with E-state index in [1.807, 2.05) is 25.7 Å². The summed E-state index contributed by atoms with van der Waals surface area (Å²) in [5.74, 6) is 0.0248. The molecule has 2 saturated carbocycles. The van der Waals surface area contributed by atoms with Crippen LogP contribution in [0.15, 0.2) is 23.4 Å². The predicted molar refractivity (Wildman–Crippen MR) is 144 cm³/mol. The van der Waals surface area contributed by atoms with Crippen LogP contribution in [0.2, 0.25) is 0 Å². The number of nitrogens with zero attached hydrogens (tertiary/aromatic N) is 6. The van der Waals surface area contributed by atoms with E-state index in [2.05, 4.69) is 19.9 Å². The fourth-order valence-corrected chi connectivity index (χ4v) is 7.29. The van der Waals surface area contributed by atoms with Crippen molar-refractivity contribution in [2.24, 2.45) is 0 Å². The monoisotopic (exact) mass is 613 g/mol. The minimum atomic E-state index is -4.66. The smallest absolute Gasteiger partial charge is 0.366 e. The highest BCUT2D eigenvalue weighted by Crippen LogP contribution is 2.43. The van der Waals surface area contributed by atoms with E-state index in [9.17, 15) is 26.4 Å². The minimum Gasteiger partial charge on any atom is -0.366 e. The summed E-state index contributed by atoms with van der Waals surface area (Å²) in [6.45, 7) is 7.29. The SMILES string of the molecule is CC(C)OC1(C(=O)N2CCN(c3cc(S(=O)(=O)NC4(C)CC4)cn4c(-c5nnc(C(F)(F)F)s5)ncc34)CC2)CC1. The molecule has 3 fully saturated rings. The zero-order chi connectivity index (χ0) is 29.4. The number of pyridine rings is 1. The Morgan fingerprint density at radius 1 is 1.12 bits per heavy atom. The molecule has 1 amide bonds. The third-order valence-corrected chi connectivity index (χ3v) is 10.2. The van der Waals surface area contributed by atoms with Crippen LogP contribution in [-0.2, 0) is 25.7 Å². The fraction of sp³-hybridized carbons (Fsp3) is 0.600. The molecule has 11 nitrogen and oxygen atoms in total. The number of halogens is 3. The Labute approximate surface area is 238 Å². The molecule has 1 saturated heterocycles. The molecule has 0 spiro atoms. The first-order chi connectivity index (χ1) is 19.2. The maximum Gasteiger partial charge on any atom is 0.445 e. The van der Waals surface area contributed by atoms with Gasteiger partial charge in [0.15, 0.2) is 10.8 Å². The molecule has 6 rings (SSSR count). The topological polar surface area (TPSA) is 122 Å². The number of imidazole rings is 1. The highest BCUT2D eigenvalue weighted by atomic mass is 32.2. The maximum absolute atomic E-state index is 13.4. The molecule has 1 N–H and O–H groups in total. The van der Waals surface area contributed by atoms with Crippen LogP contribution >= 0.6 is 11.3 Å². The maximum atomic E-state index is 13.4. The molecule has 0 unspecified atom stereocenters. The molecule has 3 aromatic rings. The van der Waals surface area contributed by atoms with Crippen LogP contribution in [-0.4, -0.2) is 82.2 Å². The molecule has 0 aromatic carbocycles. The Morgan fingerprint density at radius 2 is 1.80 bits per heavy atom. The summed E-state index contributed by atoms with van der Waals surface area (Å²) in [6.07, 6.45) is 0.906. The highest BCUT2D eigenvalue weighted by molar-refractivity contribution is 7.89. The first kappa shape index (κ1) is 28.3. The van der Waals surface area contributed by atoms with Crippen LogP contribution in [0.4, 0.5) is 18.9 Å². The van der Waals surface area contributed by atoms with Gasteiger partial charge in [-0.25, -0.2) is 18.1 Å².